The Kier molecular flexibility index (Phi) is 3.20. The molecule has 24 heavy (non-hydrogen) atoms. The number of hydrogen-bond donors (Lipinski definition) is 0. The van der Waals surface area contributed by atoms with Gasteiger partial charge >= 0.3 is 0 Å². The third-order valence-electron chi connectivity index (χ3n) is 4.62. The van der Waals surface area contributed by atoms with E-state index < -0.39 is 0 Å². The zero-order chi connectivity index (χ0) is 16.8. The number of benzene rings is 3. The Morgan fingerprint density at radius 3 is 1.83 bits per heavy atom. The zero-order valence-corrected chi connectivity index (χ0v) is 13.6. The van der Waals surface area contributed by atoms with Gasteiger partial charge in [0.1, 0.15) is 0 Å². The fraction of sp³-hybridized carbons (Fsp3) is 0.0909. The first-order valence-electron chi connectivity index (χ1n) is 7.96. The van der Waals surface area contributed by atoms with Gasteiger partial charge in [0.2, 0.25) is 0 Å². The Morgan fingerprint density at radius 2 is 1.17 bits per heavy atom. The van der Waals surface area contributed by atoms with Crippen molar-refractivity contribution in [1.82, 2.24) is 0 Å². The largest absolute Gasteiger partial charge is 0.289 e. The Morgan fingerprint density at radius 1 is 0.583 bits per heavy atom. The lowest BCUT2D eigenvalue weighted by atomic mass is 9.82. The van der Waals surface area contributed by atoms with E-state index in [2.05, 4.69) is 32.0 Å². The van der Waals surface area contributed by atoms with Gasteiger partial charge in [-0.25, -0.2) is 0 Å². The molecule has 0 unspecified atom stereocenters. The molecule has 0 aromatic heterocycles. The first kappa shape index (κ1) is 14.6. The molecular weight excluding hydrogens is 296 g/mol. The van der Waals surface area contributed by atoms with E-state index in [0.717, 1.165) is 16.7 Å². The summed E-state index contributed by atoms with van der Waals surface area (Å²) < 4.78 is 0. The van der Waals surface area contributed by atoms with Crippen LogP contribution in [-0.2, 0) is 0 Å². The highest BCUT2D eigenvalue weighted by Crippen LogP contribution is 2.32. The highest BCUT2D eigenvalue weighted by atomic mass is 16.1. The molecule has 2 nitrogen and oxygen atoms in total. The van der Waals surface area contributed by atoms with Crippen LogP contribution >= 0.6 is 0 Å². The molecule has 0 saturated carbocycles. The molecule has 3 aromatic carbocycles. The summed E-state index contributed by atoms with van der Waals surface area (Å²) in [6.07, 6.45) is 0. The number of ketones is 2. The van der Waals surface area contributed by atoms with Crippen molar-refractivity contribution in [3.05, 3.63) is 94.0 Å². The number of fused-ring (bicyclic) bond motifs is 2. The molecule has 0 aliphatic heterocycles. The van der Waals surface area contributed by atoms with Crippen molar-refractivity contribution < 1.29 is 9.59 Å². The second-order valence-electron chi connectivity index (χ2n) is 6.28. The minimum absolute atomic E-state index is 0.0765. The van der Waals surface area contributed by atoms with Gasteiger partial charge in [-0.15, -0.1) is 0 Å². The predicted molar refractivity (Wildman–Crippen MR) is 94.7 cm³/mol. The molecule has 0 bridgehead atoms. The molecule has 1 aliphatic carbocycles. The lowest BCUT2D eigenvalue weighted by Gasteiger charge is -2.18. The average Bonchev–Trinajstić information content (AvgIpc) is 2.59. The molecule has 3 aromatic rings. The molecular formula is C22H16O2. The van der Waals surface area contributed by atoms with Gasteiger partial charge in [0.25, 0.3) is 0 Å². The van der Waals surface area contributed by atoms with E-state index in [9.17, 15) is 9.59 Å². The maximum atomic E-state index is 12.8. The van der Waals surface area contributed by atoms with E-state index in [4.69, 9.17) is 0 Å². The van der Waals surface area contributed by atoms with Crippen molar-refractivity contribution in [1.29, 1.82) is 0 Å². The van der Waals surface area contributed by atoms with Crippen LogP contribution in [0.1, 0.15) is 43.0 Å². The summed E-state index contributed by atoms with van der Waals surface area (Å²) in [5, 5.41) is 0. The van der Waals surface area contributed by atoms with E-state index in [0.29, 0.717) is 22.3 Å². The fourth-order valence-corrected chi connectivity index (χ4v) is 3.40. The molecule has 0 N–H and O–H groups in total. The highest BCUT2D eigenvalue weighted by molar-refractivity contribution is 6.28. The number of aryl methyl sites for hydroxylation is 2. The van der Waals surface area contributed by atoms with Crippen LogP contribution in [-0.4, -0.2) is 11.6 Å². The summed E-state index contributed by atoms with van der Waals surface area (Å²) in [7, 11) is 0. The van der Waals surface area contributed by atoms with Crippen LogP contribution in [0, 0.1) is 13.8 Å². The summed E-state index contributed by atoms with van der Waals surface area (Å²) in [5.41, 5.74) is 6.39. The van der Waals surface area contributed by atoms with Gasteiger partial charge < -0.3 is 0 Å². The number of rotatable bonds is 1. The van der Waals surface area contributed by atoms with E-state index in [-0.39, 0.29) is 11.6 Å². The highest BCUT2D eigenvalue weighted by Gasteiger charge is 2.29. The third-order valence-corrected chi connectivity index (χ3v) is 4.62. The number of carbonyl (C=O) groups is 2. The van der Waals surface area contributed by atoms with Crippen LogP contribution < -0.4 is 0 Å². The van der Waals surface area contributed by atoms with Crippen molar-refractivity contribution in [3.63, 3.8) is 0 Å². The van der Waals surface area contributed by atoms with Crippen LogP contribution in [0.5, 0.6) is 0 Å². The number of carbonyl (C=O) groups excluding carboxylic acids is 2. The molecule has 0 amide bonds. The van der Waals surface area contributed by atoms with Crippen molar-refractivity contribution in [2.24, 2.45) is 0 Å². The molecule has 0 heterocycles. The molecule has 0 radical (unpaired) electrons. The molecule has 116 valence electrons. The van der Waals surface area contributed by atoms with Crippen molar-refractivity contribution in [3.8, 4) is 11.1 Å². The van der Waals surface area contributed by atoms with Gasteiger partial charge in [0.15, 0.2) is 11.6 Å². The van der Waals surface area contributed by atoms with E-state index >= 15 is 0 Å². The zero-order valence-electron chi connectivity index (χ0n) is 13.6. The van der Waals surface area contributed by atoms with Crippen LogP contribution in [0.3, 0.4) is 0 Å². The Hall–Kier alpha value is -3.00. The summed E-state index contributed by atoms with van der Waals surface area (Å²) in [4.78, 5) is 25.5. The van der Waals surface area contributed by atoms with Gasteiger partial charge in [0.05, 0.1) is 0 Å². The minimum Gasteiger partial charge on any atom is -0.289 e. The van der Waals surface area contributed by atoms with E-state index in [1.165, 1.54) is 5.56 Å². The molecule has 4 rings (SSSR count). The van der Waals surface area contributed by atoms with Crippen molar-refractivity contribution in [2.75, 3.05) is 0 Å². The van der Waals surface area contributed by atoms with Gasteiger partial charge in [-0.1, -0.05) is 54.1 Å². The third kappa shape index (κ3) is 2.11. The van der Waals surface area contributed by atoms with Crippen LogP contribution in [0.25, 0.3) is 11.1 Å². The first-order chi connectivity index (χ1) is 11.6. The van der Waals surface area contributed by atoms with Crippen molar-refractivity contribution in [2.45, 2.75) is 13.8 Å². The van der Waals surface area contributed by atoms with Gasteiger partial charge in [-0.05, 0) is 42.7 Å². The summed E-state index contributed by atoms with van der Waals surface area (Å²) in [6.45, 7) is 4.12. The standard InChI is InChI=1S/C22H16O2/c1-13-7-9-16(14(2)11-13)15-8-10-19-20(12-15)22(24)18-6-4-3-5-17(18)21(19)23/h3-12H,1-2H3. The Bertz CT molecular complexity index is 1010. The Labute approximate surface area is 140 Å². The topological polar surface area (TPSA) is 34.1 Å². The second-order valence-corrected chi connectivity index (χ2v) is 6.28. The van der Waals surface area contributed by atoms with Crippen LogP contribution in [0.15, 0.2) is 60.7 Å². The van der Waals surface area contributed by atoms with E-state index in [1.54, 1.807) is 30.3 Å². The van der Waals surface area contributed by atoms with Crippen LogP contribution in [0.2, 0.25) is 0 Å². The molecule has 0 fully saturated rings. The van der Waals surface area contributed by atoms with E-state index in [1.807, 2.05) is 12.1 Å². The average molecular weight is 312 g/mol. The maximum absolute atomic E-state index is 12.8. The quantitative estimate of drug-likeness (QED) is 0.508. The monoisotopic (exact) mass is 312 g/mol. The van der Waals surface area contributed by atoms with Gasteiger partial charge in [0, 0.05) is 22.3 Å². The lowest BCUT2D eigenvalue weighted by molar-refractivity contribution is 0.0979. The molecule has 0 saturated heterocycles. The number of hydrogen-bond acceptors (Lipinski definition) is 2. The summed E-state index contributed by atoms with van der Waals surface area (Å²) >= 11 is 0. The predicted octanol–water partition coefficient (Wildman–Crippen LogP) is 4.75. The molecule has 0 spiro atoms. The van der Waals surface area contributed by atoms with Crippen molar-refractivity contribution >= 4 is 11.6 Å². The smallest absolute Gasteiger partial charge is 0.194 e. The Balaban J connectivity index is 1.90. The lowest BCUT2D eigenvalue weighted by Crippen LogP contribution is -2.20. The SMILES string of the molecule is Cc1ccc(-c2ccc3c(c2)C(=O)c2ccccc2C3=O)c(C)c1. The second kappa shape index (κ2) is 5.27. The summed E-state index contributed by atoms with van der Waals surface area (Å²) in [5.74, 6) is -0.154. The summed E-state index contributed by atoms with van der Waals surface area (Å²) in [6, 6.07) is 18.8. The fourth-order valence-electron chi connectivity index (χ4n) is 3.40. The first-order valence-corrected chi connectivity index (χ1v) is 7.96. The van der Waals surface area contributed by atoms with Gasteiger partial charge in [-0.3, -0.25) is 9.59 Å². The molecule has 1 aliphatic rings. The van der Waals surface area contributed by atoms with Gasteiger partial charge in [-0.2, -0.15) is 0 Å². The normalized spacial score (nSPS) is 12.8. The molecule has 2 heteroatoms. The maximum Gasteiger partial charge on any atom is 0.194 e. The molecule has 0 atom stereocenters. The van der Waals surface area contributed by atoms with Crippen LogP contribution in [0.4, 0.5) is 0 Å². The minimum atomic E-state index is -0.0770.